The van der Waals surface area contributed by atoms with Gasteiger partial charge in [-0.05, 0) is 45.3 Å². The number of alkyl halides is 2. The molecular weight excluding hydrogens is 350 g/mol. The van der Waals surface area contributed by atoms with Gasteiger partial charge in [0.05, 0.1) is 0 Å². The average Bonchev–Trinajstić information content (AvgIpc) is 2.82. The number of hydrogen-bond acceptors (Lipinski definition) is 4. The van der Waals surface area contributed by atoms with Crippen LogP contribution < -0.4 is 5.32 Å². The minimum absolute atomic E-state index is 0.116. The zero-order valence-electron chi connectivity index (χ0n) is 14.9. The van der Waals surface area contributed by atoms with E-state index >= 15 is 0 Å². The van der Waals surface area contributed by atoms with Gasteiger partial charge in [-0.15, -0.1) is 0 Å². The van der Waals surface area contributed by atoms with Crippen LogP contribution in [0, 0.1) is 5.92 Å². The molecule has 2 heterocycles. The maximum Gasteiger partial charge on any atom is 0.408 e. The summed E-state index contributed by atoms with van der Waals surface area (Å²) in [5, 5.41) is 2.79. The number of likely N-dealkylation sites (tertiary alicyclic amines) is 1. The average molecular weight is 376 g/mol. The second-order valence-electron chi connectivity index (χ2n) is 8.39. The Morgan fingerprint density at radius 3 is 2.40 bits per heavy atom. The summed E-state index contributed by atoms with van der Waals surface area (Å²) in [6.45, 7) is 5.89. The Hall–Kier alpha value is -1.05. The molecular formula is C17H26F2N2O3S. The van der Waals surface area contributed by atoms with E-state index in [1.807, 2.05) is 0 Å². The van der Waals surface area contributed by atoms with Crippen molar-refractivity contribution in [2.45, 2.75) is 69.6 Å². The van der Waals surface area contributed by atoms with E-state index in [1.54, 1.807) is 37.4 Å². The molecule has 0 aromatic carbocycles. The van der Waals surface area contributed by atoms with E-state index in [2.05, 4.69) is 5.32 Å². The minimum atomic E-state index is -2.58. The van der Waals surface area contributed by atoms with Crippen LogP contribution in [0.4, 0.5) is 13.6 Å². The summed E-state index contributed by atoms with van der Waals surface area (Å²) in [5.41, 5.74) is -1.62. The number of halogens is 2. The molecule has 1 saturated carbocycles. The van der Waals surface area contributed by atoms with Crippen LogP contribution in [0.15, 0.2) is 0 Å². The van der Waals surface area contributed by atoms with Crippen LogP contribution in [0.25, 0.3) is 0 Å². The first-order chi connectivity index (χ1) is 11.5. The standard InChI is InChI=1S/C17H26F2N2O3S/c1-15(2,3)24-14(23)20-16(5-7-25-10-16)13(22)21-6-4-12(21)11-8-17(18,19)9-11/h11-12H,4-10H2,1-3H3,(H,20,23). The first kappa shape index (κ1) is 18.7. The summed E-state index contributed by atoms with van der Waals surface area (Å²) >= 11 is 1.61. The molecule has 8 heteroatoms. The minimum Gasteiger partial charge on any atom is -0.444 e. The smallest absolute Gasteiger partial charge is 0.408 e. The quantitative estimate of drug-likeness (QED) is 0.823. The highest BCUT2D eigenvalue weighted by Gasteiger charge is 2.56. The highest BCUT2D eigenvalue weighted by Crippen LogP contribution is 2.48. The van der Waals surface area contributed by atoms with Gasteiger partial charge in [0.25, 0.3) is 0 Å². The number of nitrogens with zero attached hydrogens (tertiary/aromatic N) is 1. The Kier molecular flexibility index (Phi) is 4.71. The predicted molar refractivity (Wildman–Crippen MR) is 91.8 cm³/mol. The number of alkyl carbamates (subject to hydrolysis) is 1. The van der Waals surface area contributed by atoms with E-state index in [-0.39, 0.29) is 30.7 Å². The van der Waals surface area contributed by atoms with Crippen molar-refractivity contribution >= 4 is 23.8 Å². The van der Waals surface area contributed by atoms with Crippen molar-refractivity contribution < 1.29 is 23.1 Å². The second-order valence-corrected chi connectivity index (χ2v) is 9.50. The normalized spacial score (nSPS) is 31.9. The fraction of sp³-hybridized carbons (Fsp3) is 0.882. The van der Waals surface area contributed by atoms with Gasteiger partial charge in [-0.25, -0.2) is 13.6 Å². The lowest BCUT2D eigenvalue weighted by Crippen LogP contribution is -2.67. The van der Waals surface area contributed by atoms with Crippen molar-refractivity contribution in [3.05, 3.63) is 0 Å². The van der Waals surface area contributed by atoms with Gasteiger partial charge >= 0.3 is 6.09 Å². The number of ether oxygens (including phenoxy) is 1. The molecule has 2 amide bonds. The molecule has 1 aliphatic carbocycles. The number of amides is 2. The van der Waals surface area contributed by atoms with Crippen molar-refractivity contribution in [3.63, 3.8) is 0 Å². The maximum atomic E-state index is 13.2. The molecule has 0 bridgehead atoms. The van der Waals surface area contributed by atoms with Gasteiger partial charge < -0.3 is 15.0 Å². The SMILES string of the molecule is CC(C)(C)OC(=O)NC1(C(=O)N2CCC2C2CC(F)(F)C2)CCSC1. The van der Waals surface area contributed by atoms with E-state index in [0.29, 0.717) is 18.7 Å². The molecule has 1 N–H and O–H groups in total. The zero-order valence-corrected chi connectivity index (χ0v) is 15.8. The van der Waals surface area contributed by atoms with Crippen molar-refractivity contribution in [1.29, 1.82) is 0 Å². The molecule has 0 aromatic rings. The Morgan fingerprint density at radius 2 is 1.96 bits per heavy atom. The molecule has 142 valence electrons. The second kappa shape index (κ2) is 6.28. The van der Waals surface area contributed by atoms with E-state index in [4.69, 9.17) is 4.74 Å². The van der Waals surface area contributed by atoms with Crippen LogP contribution in [0.5, 0.6) is 0 Å². The fourth-order valence-electron chi connectivity index (χ4n) is 3.79. The molecule has 0 spiro atoms. The van der Waals surface area contributed by atoms with Gasteiger partial charge in [0.2, 0.25) is 11.8 Å². The summed E-state index contributed by atoms with van der Waals surface area (Å²) in [6, 6.07) is -0.116. The van der Waals surface area contributed by atoms with Gasteiger partial charge in [-0.1, -0.05) is 0 Å². The Balaban J connectivity index is 1.66. The molecule has 5 nitrogen and oxygen atoms in total. The van der Waals surface area contributed by atoms with Crippen LogP contribution in [0.3, 0.4) is 0 Å². The third-order valence-electron chi connectivity index (χ3n) is 5.16. The lowest BCUT2D eigenvalue weighted by molar-refractivity contribution is -0.167. The number of carbonyl (C=O) groups excluding carboxylic acids is 2. The van der Waals surface area contributed by atoms with Crippen molar-refractivity contribution in [2.75, 3.05) is 18.1 Å². The zero-order chi connectivity index (χ0) is 18.5. The molecule has 3 aliphatic rings. The molecule has 2 atom stereocenters. The third-order valence-corrected chi connectivity index (χ3v) is 6.35. The molecule has 2 unspecified atom stereocenters. The van der Waals surface area contributed by atoms with Crippen molar-refractivity contribution in [1.82, 2.24) is 10.2 Å². The van der Waals surface area contributed by atoms with Crippen LogP contribution in [0.2, 0.25) is 0 Å². The van der Waals surface area contributed by atoms with E-state index < -0.39 is 23.2 Å². The predicted octanol–water partition coefficient (Wildman–Crippen LogP) is 3.03. The Labute approximate surface area is 151 Å². The van der Waals surface area contributed by atoms with Gasteiger partial charge in [0.15, 0.2) is 0 Å². The van der Waals surface area contributed by atoms with Gasteiger partial charge in [-0.3, -0.25) is 4.79 Å². The number of rotatable bonds is 3. The lowest BCUT2D eigenvalue weighted by atomic mass is 9.72. The number of hydrogen-bond donors (Lipinski definition) is 1. The number of nitrogens with one attached hydrogen (secondary N) is 1. The highest BCUT2D eigenvalue weighted by atomic mass is 32.2. The van der Waals surface area contributed by atoms with Crippen LogP contribution in [-0.4, -0.2) is 58.1 Å². The monoisotopic (exact) mass is 376 g/mol. The number of carbonyl (C=O) groups is 2. The number of thioether (sulfide) groups is 1. The van der Waals surface area contributed by atoms with Crippen LogP contribution in [0.1, 0.15) is 46.5 Å². The van der Waals surface area contributed by atoms with E-state index in [1.165, 1.54) is 0 Å². The van der Waals surface area contributed by atoms with Crippen molar-refractivity contribution in [2.24, 2.45) is 5.92 Å². The molecule has 3 rings (SSSR count). The lowest BCUT2D eigenvalue weighted by Gasteiger charge is -2.52. The van der Waals surface area contributed by atoms with E-state index in [9.17, 15) is 18.4 Å². The summed E-state index contributed by atoms with van der Waals surface area (Å²) in [7, 11) is 0. The van der Waals surface area contributed by atoms with Crippen LogP contribution >= 0.6 is 11.8 Å². The van der Waals surface area contributed by atoms with Gasteiger partial charge in [0, 0.05) is 31.2 Å². The summed E-state index contributed by atoms with van der Waals surface area (Å²) in [4.78, 5) is 27.0. The summed E-state index contributed by atoms with van der Waals surface area (Å²) in [6.07, 6.45) is 0.434. The molecule has 2 saturated heterocycles. The summed E-state index contributed by atoms with van der Waals surface area (Å²) in [5.74, 6) is -1.57. The molecule has 2 aliphatic heterocycles. The maximum absolute atomic E-state index is 13.2. The largest absolute Gasteiger partial charge is 0.444 e. The Bertz CT molecular complexity index is 551. The van der Waals surface area contributed by atoms with Crippen molar-refractivity contribution in [3.8, 4) is 0 Å². The topological polar surface area (TPSA) is 58.6 Å². The molecule has 25 heavy (non-hydrogen) atoms. The van der Waals surface area contributed by atoms with Gasteiger partial charge in [0.1, 0.15) is 11.1 Å². The Morgan fingerprint density at radius 1 is 1.28 bits per heavy atom. The third kappa shape index (κ3) is 3.88. The fourth-order valence-corrected chi connectivity index (χ4v) is 5.11. The first-order valence-electron chi connectivity index (χ1n) is 8.79. The van der Waals surface area contributed by atoms with Gasteiger partial charge in [-0.2, -0.15) is 11.8 Å². The molecule has 0 radical (unpaired) electrons. The van der Waals surface area contributed by atoms with E-state index in [0.717, 1.165) is 12.2 Å². The van der Waals surface area contributed by atoms with Crippen LogP contribution in [-0.2, 0) is 9.53 Å². The molecule has 3 fully saturated rings. The summed E-state index contributed by atoms with van der Waals surface area (Å²) < 4.78 is 31.6. The highest BCUT2D eigenvalue weighted by molar-refractivity contribution is 7.99. The molecule has 0 aromatic heterocycles. The first-order valence-corrected chi connectivity index (χ1v) is 9.95.